The Morgan fingerprint density at radius 1 is 1.14 bits per heavy atom. The highest BCUT2D eigenvalue weighted by Gasteiger charge is 2.29. The average molecular weight is 106 g/mol. The molecule has 0 saturated heterocycles. The van der Waals surface area contributed by atoms with Gasteiger partial charge in [-0.15, -0.1) is 0 Å². The normalized spacial score (nSPS) is 10.6. The Hall–Kier alpha value is -0.800. The van der Waals surface area contributed by atoms with Crippen LogP contribution in [0.5, 0.6) is 0 Å². The highest BCUT2D eigenvalue weighted by molar-refractivity contribution is 5.85. The third kappa shape index (κ3) is 1.97. The van der Waals surface area contributed by atoms with Crippen molar-refractivity contribution in [3.8, 4) is 0 Å². The number of alkyl halides is 2. The monoisotopic (exact) mass is 106 g/mol. The van der Waals surface area contributed by atoms with Crippen molar-refractivity contribution in [2.45, 2.75) is 5.92 Å². The zero-order valence-electron chi connectivity index (χ0n) is 3.07. The van der Waals surface area contributed by atoms with Crippen molar-refractivity contribution >= 4 is 12.6 Å². The van der Waals surface area contributed by atoms with E-state index in [-0.39, 0.29) is 12.6 Å². The van der Waals surface area contributed by atoms with E-state index in [2.05, 4.69) is 0 Å². The molecule has 0 aromatic rings. The molecule has 0 saturated carbocycles. The lowest BCUT2D eigenvalue weighted by Gasteiger charge is -1.88. The number of carbonyl (C=O) groups excluding carboxylic acids is 2. The van der Waals surface area contributed by atoms with E-state index >= 15 is 0 Å². The lowest BCUT2D eigenvalue weighted by Crippen LogP contribution is -2.18. The van der Waals surface area contributed by atoms with Gasteiger partial charge in [-0.25, -0.2) is 0 Å². The van der Waals surface area contributed by atoms with Crippen LogP contribution in [0.1, 0.15) is 0 Å². The lowest BCUT2D eigenvalue weighted by molar-refractivity contribution is 0.146. The summed E-state index contributed by atoms with van der Waals surface area (Å²) in [4.78, 5) is 17.8. The maximum Gasteiger partial charge on any atom is 0.377 e. The summed E-state index contributed by atoms with van der Waals surface area (Å²) in [6.45, 7) is 0. The van der Waals surface area contributed by atoms with Gasteiger partial charge >= 0.3 is 5.92 Å². The molecule has 0 aliphatic rings. The van der Waals surface area contributed by atoms with Crippen LogP contribution in [0.25, 0.3) is 0 Å². The smallest absolute Gasteiger partial charge is 0.283 e. The maximum absolute atomic E-state index is 11.0. The van der Waals surface area contributed by atoms with Crippen molar-refractivity contribution < 1.29 is 18.4 Å². The van der Waals surface area contributed by atoms with Gasteiger partial charge in [-0.1, -0.05) is 0 Å². The largest absolute Gasteiger partial charge is 0.377 e. The van der Waals surface area contributed by atoms with E-state index in [1.807, 2.05) is 0 Å². The van der Waals surface area contributed by atoms with Gasteiger partial charge in [0.1, 0.15) is 0 Å². The van der Waals surface area contributed by atoms with Gasteiger partial charge in [0.25, 0.3) is 12.6 Å². The van der Waals surface area contributed by atoms with Crippen LogP contribution in [-0.4, -0.2) is 18.5 Å². The topological polar surface area (TPSA) is 34.1 Å². The summed E-state index contributed by atoms with van der Waals surface area (Å²) in [6.07, 6.45) is 0.368. The minimum atomic E-state index is -4.03. The van der Waals surface area contributed by atoms with Crippen molar-refractivity contribution in [3.63, 3.8) is 0 Å². The van der Waals surface area contributed by atoms with Gasteiger partial charge in [-0.3, -0.25) is 9.59 Å². The van der Waals surface area contributed by atoms with Gasteiger partial charge < -0.3 is 0 Å². The van der Waals surface area contributed by atoms with E-state index < -0.39 is 5.92 Å². The summed E-state index contributed by atoms with van der Waals surface area (Å²) in [5.74, 6) is -4.03. The molecule has 0 rings (SSSR count). The first-order valence-corrected chi connectivity index (χ1v) is 1.29. The van der Waals surface area contributed by atoms with Crippen LogP contribution < -0.4 is 0 Å². The molecule has 7 heavy (non-hydrogen) atoms. The average Bonchev–Trinajstić information content (AvgIpc) is 1.68. The van der Waals surface area contributed by atoms with E-state index in [9.17, 15) is 8.78 Å². The quantitative estimate of drug-likeness (QED) is 0.458. The number of rotatable bonds is 2. The molecule has 0 aromatic carbocycles. The molecule has 0 aromatic heterocycles. The Kier molecular flexibility index (Phi) is 1.57. The number of halogens is 2. The fraction of sp³-hybridized carbons (Fsp3) is 0.333. The second-order valence-corrected chi connectivity index (χ2v) is 0.779. The van der Waals surface area contributed by atoms with Gasteiger partial charge in [0, 0.05) is 0 Å². The summed E-state index contributed by atoms with van der Waals surface area (Å²) in [6, 6.07) is 0. The lowest BCUT2D eigenvalue weighted by atomic mass is 10.4. The summed E-state index contributed by atoms with van der Waals surface area (Å²) in [7, 11) is 0. The summed E-state index contributed by atoms with van der Waals surface area (Å²) < 4.78 is 22.1. The third-order valence-corrected chi connectivity index (χ3v) is 0.256. The molecule has 0 heterocycles. The minimum absolute atomic E-state index is 0.184. The van der Waals surface area contributed by atoms with Gasteiger partial charge in [0.15, 0.2) is 0 Å². The zero-order chi connectivity index (χ0) is 5.91. The molecule has 0 unspecified atom stereocenters. The van der Waals surface area contributed by atoms with Gasteiger partial charge in [-0.05, 0) is 0 Å². The Morgan fingerprint density at radius 3 is 1.43 bits per heavy atom. The zero-order valence-corrected chi connectivity index (χ0v) is 3.07. The summed E-state index contributed by atoms with van der Waals surface area (Å²) in [5, 5.41) is 0. The van der Waals surface area contributed by atoms with E-state index in [4.69, 9.17) is 9.59 Å². The van der Waals surface area contributed by atoms with E-state index in [1.165, 1.54) is 0 Å². The second kappa shape index (κ2) is 1.77. The van der Waals surface area contributed by atoms with E-state index in [0.29, 0.717) is 0 Å². The molecule has 2 radical (unpaired) electrons. The molecule has 0 N–H and O–H groups in total. The molecule has 0 bridgehead atoms. The Bertz CT molecular complexity index is 78.9. The maximum atomic E-state index is 11.0. The van der Waals surface area contributed by atoms with Crippen LogP contribution in [-0.2, 0) is 9.59 Å². The first-order valence-electron chi connectivity index (χ1n) is 1.29. The molecule has 2 nitrogen and oxygen atoms in total. The highest BCUT2D eigenvalue weighted by atomic mass is 19.3. The SMILES string of the molecule is O=[C]C(F)(F)[C]=O. The number of hydrogen-bond donors (Lipinski definition) is 0. The standard InChI is InChI=1S/C3F2O2/c4-3(5,1-6)2-7. The summed E-state index contributed by atoms with van der Waals surface area (Å²) >= 11 is 0. The molecule has 0 atom stereocenters. The predicted octanol–water partition coefficient (Wildman–Crippen LogP) is -0.159. The molecular formula is C3F2O2. The second-order valence-electron chi connectivity index (χ2n) is 0.779. The van der Waals surface area contributed by atoms with Gasteiger partial charge in [0.05, 0.1) is 0 Å². The molecule has 0 spiro atoms. The van der Waals surface area contributed by atoms with Crippen molar-refractivity contribution in [3.05, 3.63) is 0 Å². The van der Waals surface area contributed by atoms with Crippen LogP contribution in [0.3, 0.4) is 0 Å². The van der Waals surface area contributed by atoms with Gasteiger partial charge in [-0.2, -0.15) is 8.78 Å². The molecule has 0 fully saturated rings. The summed E-state index contributed by atoms with van der Waals surface area (Å²) in [5.41, 5.74) is 0. The third-order valence-electron chi connectivity index (χ3n) is 0.256. The minimum Gasteiger partial charge on any atom is -0.283 e. The van der Waals surface area contributed by atoms with Crippen LogP contribution >= 0.6 is 0 Å². The predicted molar refractivity (Wildman–Crippen MR) is 16.3 cm³/mol. The molecule has 38 valence electrons. The van der Waals surface area contributed by atoms with Crippen molar-refractivity contribution in [1.29, 1.82) is 0 Å². The van der Waals surface area contributed by atoms with Crippen LogP contribution in [0.2, 0.25) is 0 Å². The van der Waals surface area contributed by atoms with Crippen molar-refractivity contribution in [2.75, 3.05) is 0 Å². The van der Waals surface area contributed by atoms with E-state index in [1.54, 1.807) is 0 Å². The van der Waals surface area contributed by atoms with Crippen molar-refractivity contribution in [1.82, 2.24) is 0 Å². The van der Waals surface area contributed by atoms with Crippen LogP contribution in [0, 0.1) is 0 Å². The fourth-order valence-electron chi connectivity index (χ4n) is 0.0208. The molecular weight excluding hydrogens is 106 g/mol. The highest BCUT2D eigenvalue weighted by Crippen LogP contribution is 2.02. The van der Waals surface area contributed by atoms with E-state index in [0.717, 1.165) is 0 Å². The molecule has 4 heteroatoms. The van der Waals surface area contributed by atoms with Crippen LogP contribution in [0.4, 0.5) is 8.78 Å². The molecule has 0 aliphatic heterocycles. The van der Waals surface area contributed by atoms with Gasteiger partial charge in [0.2, 0.25) is 0 Å². The Morgan fingerprint density at radius 2 is 1.43 bits per heavy atom. The number of hydrogen-bond acceptors (Lipinski definition) is 2. The first kappa shape index (κ1) is 6.20. The fourth-order valence-corrected chi connectivity index (χ4v) is 0.0208. The van der Waals surface area contributed by atoms with Crippen LogP contribution in [0.15, 0.2) is 0 Å². The van der Waals surface area contributed by atoms with Crippen molar-refractivity contribution in [2.24, 2.45) is 0 Å². The Balaban J connectivity index is 3.82. The Labute approximate surface area is 38.1 Å². The molecule has 0 amide bonds. The first-order chi connectivity index (χ1) is 3.12. The molecule has 0 aliphatic carbocycles.